The summed E-state index contributed by atoms with van der Waals surface area (Å²) < 4.78 is 1.53. The van der Waals surface area contributed by atoms with Crippen LogP contribution in [0.2, 0.25) is 0 Å². The van der Waals surface area contributed by atoms with E-state index in [1.807, 2.05) is 24.4 Å². The van der Waals surface area contributed by atoms with Crippen molar-refractivity contribution < 1.29 is 9.59 Å². The smallest absolute Gasteiger partial charge is 0.267 e. The molecule has 0 unspecified atom stereocenters. The van der Waals surface area contributed by atoms with Crippen molar-refractivity contribution >= 4 is 23.2 Å². The van der Waals surface area contributed by atoms with Crippen LogP contribution in [0, 0.1) is 6.92 Å². The molecule has 0 bridgehead atoms. The first kappa shape index (κ1) is 15.9. The Hall–Kier alpha value is -2.99. The van der Waals surface area contributed by atoms with E-state index < -0.39 is 0 Å². The maximum absolute atomic E-state index is 12.3. The molecule has 2 aromatic carbocycles. The van der Waals surface area contributed by atoms with E-state index >= 15 is 0 Å². The van der Waals surface area contributed by atoms with E-state index in [1.54, 1.807) is 48.5 Å². The summed E-state index contributed by atoms with van der Waals surface area (Å²) in [5, 5.41) is 1.84. The number of rotatable bonds is 3. The van der Waals surface area contributed by atoms with Gasteiger partial charge in [-0.15, -0.1) is 11.3 Å². The number of hydrogen-bond donors (Lipinski definition) is 1. The second-order valence-corrected chi connectivity index (χ2v) is 5.92. The first-order valence-corrected chi connectivity index (χ1v) is 8.21. The number of carbonyl (C=O) groups is 2. The van der Waals surface area contributed by atoms with Crippen LogP contribution in [0.5, 0.6) is 0 Å². The van der Waals surface area contributed by atoms with Gasteiger partial charge in [0.15, 0.2) is 0 Å². The Morgan fingerprint density at radius 1 is 0.958 bits per heavy atom. The average Bonchev–Trinajstić information content (AvgIpc) is 2.96. The molecular formula is C18H15N3O2S. The minimum Gasteiger partial charge on any atom is -0.267 e. The fourth-order valence-corrected chi connectivity index (χ4v) is 2.91. The quantitative estimate of drug-likeness (QED) is 0.798. The number of aryl methyl sites for hydroxylation is 1. The third-order valence-electron chi connectivity index (χ3n) is 3.35. The van der Waals surface area contributed by atoms with Crippen LogP contribution in [-0.2, 0) is 0 Å². The van der Waals surface area contributed by atoms with Gasteiger partial charge in [-0.2, -0.15) is 4.99 Å². The number of hydrogen-bond acceptors (Lipinski definition) is 3. The van der Waals surface area contributed by atoms with Crippen molar-refractivity contribution in [3.05, 3.63) is 87.7 Å². The van der Waals surface area contributed by atoms with Gasteiger partial charge in [0.25, 0.3) is 11.8 Å². The van der Waals surface area contributed by atoms with E-state index in [1.165, 1.54) is 16.0 Å². The lowest BCUT2D eigenvalue weighted by molar-refractivity contribution is 0.0987. The summed E-state index contributed by atoms with van der Waals surface area (Å²) in [6.45, 7) is 1.84. The largest absolute Gasteiger partial charge is 0.279 e. The lowest BCUT2D eigenvalue weighted by Crippen LogP contribution is -2.32. The molecule has 0 aliphatic rings. The number of nitrogens with one attached hydrogen (secondary N) is 1. The lowest BCUT2D eigenvalue weighted by Gasteiger charge is -2.08. The maximum Gasteiger partial charge on any atom is 0.279 e. The van der Waals surface area contributed by atoms with Gasteiger partial charge in [0.05, 0.1) is 5.69 Å². The molecule has 3 rings (SSSR count). The Labute approximate surface area is 142 Å². The van der Waals surface area contributed by atoms with Gasteiger partial charge in [-0.3, -0.25) is 15.0 Å². The van der Waals surface area contributed by atoms with Crippen molar-refractivity contribution in [3.8, 4) is 0 Å². The van der Waals surface area contributed by atoms with E-state index in [-0.39, 0.29) is 11.8 Å². The van der Waals surface area contributed by atoms with Crippen LogP contribution in [-0.4, -0.2) is 16.5 Å². The van der Waals surface area contributed by atoms with Crippen LogP contribution < -0.4 is 10.2 Å². The van der Waals surface area contributed by atoms with Crippen molar-refractivity contribution in [3.63, 3.8) is 0 Å². The van der Waals surface area contributed by atoms with Crippen LogP contribution >= 0.6 is 11.3 Å². The Balaban J connectivity index is 1.91. The molecule has 1 heterocycles. The van der Waals surface area contributed by atoms with Crippen LogP contribution in [0.25, 0.3) is 0 Å². The fraction of sp³-hybridized carbons (Fsp3) is 0.0556. The molecule has 6 heteroatoms. The minimum atomic E-state index is -0.347. The minimum absolute atomic E-state index is 0.259. The van der Waals surface area contributed by atoms with Crippen LogP contribution in [0.3, 0.4) is 0 Å². The highest BCUT2D eigenvalue weighted by atomic mass is 32.1. The summed E-state index contributed by atoms with van der Waals surface area (Å²) in [7, 11) is 0. The van der Waals surface area contributed by atoms with Crippen molar-refractivity contribution in [2.45, 2.75) is 6.92 Å². The number of nitrogens with zero attached hydrogens (tertiary/aromatic N) is 2. The van der Waals surface area contributed by atoms with E-state index in [4.69, 9.17) is 0 Å². The van der Waals surface area contributed by atoms with Gasteiger partial charge in [-0.25, -0.2) is 4.68 Å². The van der Waals surface area contributed by atoms with E-state index in [9.17, 15) is 9.59 Å². The van der Waals surface area contributed by atoms with Gasteiger partial charge in [-0.1, -0.05) is 36.4 Å². The summed E-state index contributed by atoms with van der Waals surface area (Å²) in [5.41, 5.74) is 4.61. The first-order chi connectivity index (χ1) is 11.6. The van der Waals surface area contributed by atoms with E-state index in [2.05, 4.69) is 10.4 Å². The summed E-state index contributed by atoms with van der Waals surface area (Å²) >= 11 is 1.30. The third-order valence-corrected chi connectivity index (χ3v) is 4.29. The predicted molar refractivity (Wildman–Crippen MR) is 93.5 cm³/mol. The molecule has 0 radical (unpaired) electrons. The molecule has 3 aromatic rings. The van der Waals surface area contributed by atoms with Gasteiger partial charge >= 0.3 is 0 Å². The van der Waals surface area contributed by atoms with E-state index in [0.29, 0.717) is 15.9 Å². The monoisotopic (exact) mass is 337 g/mol. The summed E-state index contributed by atoms with van der Waals surface area (Å²) in [5.74, 6) is -0.606. The molecule has 0 fully saturated rings. The SMILES string of the molecule is Cc1csc(=NC(=O)c2ccccc2)n1NC(=O)c1ccccc1. The maximum atomic E-state index is 12.3. The number of benzene rings is 2. The zero-order valence-electron chi connectivity index (χ0n) is 13.0. The number of amides is 2. The van der Waals surface area contributed by atoms with Gasteiger partial charge in [0, 0.05) is 16.5 Å². The van der Waals surface area contributed by atoms with Gasteiger partial charge in [0.2, 0.25) is 4.80 Å². The average molecular weight is 337 g/mol. The topological polar surface area (TPSA) is 63.5 Å². The zero-order valence-corrected chi connectivity index (χ0v) is 13.8. The normalized spacial score (nSPS) is 11.3. The standard InChI is InChI=1S/C18H15N3O2S/c1-13-12-24-18(19-16(22)14-8-4-2-5-9-14)21(13)20-17(23)15-10-6-3-7-11-15/h2-12H,1H3,(H,20,23). The van der Waals surface area contributed by atoms with E-state index in [0.717, 1.165) is 5.69 Å². The molecule has 2 amide bonds. The molecular weight excluding hydrogens is 322 g/mol. The highest BCUT2D eigenvalue weighted by molar-refractivity contribution is 7.07. The van der Waals surface area contributed by atoms with Gasteiger partial charge in [0.1, 0.15) is 0 Å². The van der Waals surface area contributed by atoms with Gasteiger partial charge in [-0.05, 0) is 31.2 Å². The molecule has 0 saturated heterocycles. The van der Waals surface area contributed by atoms with Crippen LogP contribution in [0.15, 0.2) is 71.0 Å². The van der Waals surface area contributed by atoms with Crippen LogP contribution in [0.1, 0.15) is 26.4 Å². The molecule has 0 aliphatic carbocycles. The molecule has 5 nitrogen and oxygen atoms in total. The van der Waals surface area contributed by atoms with Crippen molar-refractivity contribution in [2.75, 3.05) is 5.43 Å². The Morgan fingerprint density at radius 2 is 1.54 bits per heavy atom. The molecule has 0 spiro atoms. The molecule has 24 heavy (non-hydrogen) atoms. The summed E-state index contributed by atoms with van der Waals surface area (Å²) in [6, 6.07) is 17.7. The summed E-state index contributed by atoms with van der Waals surface area (Å²) in [4.78, 5) is 29.1. The van der Waals surface area contributed by atoms with Crippen molar-refractivity contribution in [2.24, 2.45) is 4.99 Å². The molecule has 0 saturated carbocycles. The Morgan fingerprint density at radius 3 is 2.17 bits per heavy atom. The highest BCUT2D eigenvalue weighted by Gasteiger charge is 2.10. The predicted octanol–water partition coefficient (Wildman–Crippen LogP) is 2.98. The molecule has 120 valence electrons. The summed E-state index contributed by atoms with van der Waals surface area (Å²) in [6.07, 6.45) is 0. The fourth-order valence-electron chi connectivity index (χ4n) is 2.09. The third kappa shape index (κ3) is 3.49. The first-order valence-electron chi connectivity index (χ1n) is 7.33. The molecule has 0 aliphatic heterocycles. The Kier molecular flexibility index (Phi) is 4.67. The molecule has 0 atom stereocenters. The number of thiazole rings is 1. The highest BCUT2D eigenvalue weighted by Crippen LogP contribution is 2.04. The number of carbonyl (C=O) groups excluding carboxylic acids is 2. The van der Waals surface area contributed by atoms with Crippen molar-refractivity contribution in [1.29, 1.82) is 0 Å². The molecule has 1 aromatic heterocycles. The van der Waals surface area contributed by atoms with Crippen LogP contribution in [0.4, 0.5) is 0 Å². The van der Waals surface area contributed by atoms with Crippen molar-refractivity contribution in [1.82, 2.24) is 4.68 Å². The Bertz CT molecular complexity index is 928. The van der Waals surface area contributed by atoms with Gasteiger partial charge < -0.3 is 0 Å². The second kappa shape index (κ2) is 7.06. The lowest BCUT2D eigenvalue weighted by atomic mass is 10.2. The zero-order chi connectivity index (χ0) is 16.9. The molecule has 1 N–H and O–H groups in total. The number of aromatic nitrogens is 1. The second-order valence-electron chi connectivity index (χ2n) is 5.09.